The second-order valence-corrected chi connectivity index (χ2v) is 5.93. The van der Waals surface area contributed by atoms with Crippen molar-refractivity contribution in [2.75, 3.05) is 4.90 Å². The molecule has 5 nitrogen and oxygen atoms in total. The topological polar surface area (TPSA) is 59.0 Å². The number of carbonyl (C=O) groups excluding carboxylic acids is 1. The average molecular weight is 358 g/mol. The van der Waals surface area contributed by atoms with Gasteiger partial charge < -0.3 is 4.90 Å². The lowest BCUT2D eigenvalue weighted by atomic mass is 10.2. The zero-order chi connectivity index (χ0) is 18.6. The van der Waals surface area contributed by atoms with E-state index < -0.39 is 0 Å². The first-order valence-corrected chi connectivity index (χ1v) is 8.40. The van der Waals surface area contributed by atoms with Crippen molar-refractivity contribution in [2.24, 2.45) is 0 Å². The van der Waals surface area contributed by atoms with Gasteiger partial charge in [0.2, 0.25) is 0 Å². The molecule has 0 N–H and O–H groups in total. The highest BCUT2D eigenvalue weighted by molar-refractivity contribution is 6.05. The van der Waals surface area contributed by atoms with E-state index in [1.165, 1.54) is 23.2 Å². The molecule has 0 aliphatic carbocycles. The molecule has 4 aromatic rings. The number of nitrogens with zero attached hydrogens (tertiary/aromatic N) is 4. The van der Waals surface area contributed by atoms with E-state index >= 15 is 0 Å². The average Bonchev–Trinajstić information content (AvgIpc) is 2.73. The minimum atomic E-state index is -0.366. The predicted molar refractivity (Wildman–Crippen MR) is 101 cm³/mol. The molecule has 132 valence electrons. The molecule has 27 heavy (non-hydrogen) atoms. The molecular formula is C21H15FN4O. The fraction of sp³-hybridized carbons (Fsp3) is 0.0476. The van der Waals surface area contributed by atoms with E-state index in [1.807, 2.05) is 36.4 Å². The zero-order valence-electron chi connectivity index (χ0n) is 14.3. The lowest BCUT2D eigenvalue weighted by Gasteiger charge is -2.22. The molecule has 0 saturated carbocycles. The highest BCUT2D eigenvalue weighted by Crippen LogP contribution is 2.20. The lowest BCUT2D eigenvalue weighted by Crippen LogP contribution is -2.31. The Kier molecular flexibility index (Phi) is 4.53. The van der Waals surface area contributed by atoms with Gasteiger partial charge in [-0.1, -0.05) is 18.2 Å². The fourth-order valence-corrected chi connectivity index (χ4v) is 2.75. The molecule has 6 heteroatoms. The largest absolute Gasteiger partial charge is 0.301 e. The number of halogens is 1. The summed E-state index contributed by atoms with van der Waals surface area (Å²) in [6, 6.07) is 18.6. The molecule has 4 rings (SSSR count). The van der Waals surface area contributed by atoms with Crippen LogP contribution in [0.15, 0.2) is 79.1 Å². The summed E-state index contributed by atoms with van der Waals surface area (Å²) >= 11 is 0. The predicted octanol–water partition coefficient (Wildman–Crippen LogP) is 4.01. The van der Waals surface area contributed by atoms with Gasteiger partial charge in [-0.3, -0.25) is 14.8 Å². The van der Waals surface area contributed by atoms with E-state index in [9.17, 15) is 9.18 Å². The molecule has 0 saturated heterocycles. The second kappa shape index (κ2) is 7.29. The van der Waals surface area contributed by atoms with E-state index in [4.69, 9.17) is 0 Å². The number of hydrogen-bond acceptors (Lipinski definition) is 4. The first kappa shape index (κ1) is 16.8. The van der Waals surface area contributed by atoms with Crippen molar-refractivity contribution in [3.8, 4) is 0 Å². The van der Waals surface area contributed by atoms with Crippen LogP contribution in [0.4, 0.5) is 10.1 Å². The standard InChI is InChI=1S/C21H15FN4O/c22-15-8-10-17(11-9-15)26(14-16-5-3-4-12-23-16)21(27)20-13-24-18-6-1-2-7-19(18)25-20/h1-13H,14H2. The number of para-hydroxylation sites is 2. The van der Waals surface area contributed by atoms with E-state index in [0.29, 0.717) is 22.4 Å². The maximum absolute atomic E-state index is 13.3. The normalized spacial score (nSPS) is 10.7. The number of amides is 1. The Morgan fingerprint density at radius 2 is 1.63 bits per heavy atom. The quantitative estimate of drug-likeness (QED) is 0.553. The van der Waals surface area contributed by atoms with E-state index in [2.05, 4.69) is 15.0 Å². The number of aromatic nitrogens is 3. The summed E-state index contributed by atoms with van der Waals surface area (Å²) in [6.07, 6.45) is 3.12. The van der Waals surface area contributed by atoms with Crippen molar-refractivity contribution in [2.45, 2.75) is 6.54 Å². The molecule has 0 atom stereocenters. The third-order valence-corrected chi connectivity index (χ3v) is 4.10. The van der Waals surface area contributed by atoms with Gasteiger partial charge in [0, 0.05) is 11.9 Å². The summed E-state index contributed by atoms with van der Waals surface area (Å²) in [5.41, 5.74) is 2.84. The first-order chi connectivity index (χ1) is 13.2. The Morgan fingerprint density at radius 3 is 2.37 bits per heavy atom. The Balaban J connectivity index is 1.73. The van der Waals surface area contributed by atoms with Crippen LogP contribution in [0, 0.1) is 5.82 Å². The number of rotatable bonds is 4. The van der Waals surface area contributed by atoms with Gasteiger partial charge in [-0.05, 0) is 48.5 Å². The second-order valence-electron chi connectivity index (χ2n) is 5.93. The maximum Gasteiger partial charge on any atom is 0.278 e. The molecule has 0 unspecified atom stereocenters. The fourth-order valence-electron chi connectivity index (χ4n) is 2.75. The van der Waals surface area contributed by atoms with Crippen LogP contribution in [-0.2, 0) is 6.54 Å². The summed E-state index contributed by atoms with van der Waals surface area (Å²) in [5, 5.41) is 0. The molecule has 0 bridgehead atoms. The number of fused-ring (bicyclic) bond motifs is 1. The molecule has 0 aliphatic rings. The molecule has 2 aromatic carbocycles. The molecule has 2 aromatic heterocycles. The van der Waals surface area contributed by atoms with Crippen LogP contribution in [0.3, 0.4) is 0 Å². The van der Waals surface area contributed by atoms with Crippen molar-refractivity contribution in [3.05, 3.63) is 96.3 Å². The molecule has 0 spiro atoms. The molecule has 0 fully saturated rings. The summed E-state index contributed by atoms with van der Waals surface area (Å²) in [7, 11) is 0. The summed E-state index contributed by atoms with van der Waals surface area (Å²) < 4.78 is 13.3. The zero-order valence-corrected chi connectivity index (χ0v) is 14.3. The number of benzene rings is 2. The maximum atomic E-state index is 13.3. The first-order valence-electron chi connectivity index (χ1n) is 8.40. The van der Waals surface area contributed by atoms with Gasteiger partial charge in [0.1, 0.15) is 11.5 Å². The molecular weight excluding hydrogens is 343 g/mol. The van der Waals surface area contributed by atoms with Crippen molar-refractivity contribution >= 4 is 22.6 Å². The third-order valence-electron chi connectivity index (χ3n) is 4.10. The van der Waals surface area contributed by atoms with Gasteiger partial charge >= 0.3 is 0 Å². The lowest BCUT2D eigenvalue weighted by molar-refractivity contribution is 0.0980. The summed E-state index contributed by atoms with van der Waals surface area (Å²) in [4.78, 5) is 27.7. The van der Waals surface area contributed by atoms with Crippen LogP contribution < -0.4 is 4.90 Å². The van der Waals surface area contributed by atoms with Gasteiger partial charge in [-0.2, -0.15) is 0 Å². The Morgan fingerprint density at radius 1 is 0.889 bits per heavy atom. The minimum Gasteiger partial charge on any atom is -0.301 e. The summed E-state index contributed by atoms with van der Waals surface area (Å²) in [5.74, 6) is -0.694. The van der Waals surface area contributed by atoms with E-state index in [0.717, 1.165) is 0 Å². The van der Waals surface area contributed by atoms with Gasteiger partial charge in [0.25, 0.3) is 5.91 Å². The molecule has 0 radical (unpaired) electrons. The van der Waals surface area contributed by atoms with Crippen LogP contribution in [0.5, 0.6) is 0 Å². The monoisotopic (exact) mass is 358 g/mol. The molecule has 2 heterocycles. The van der Waals surface area contributed by atoms with Gasteiger partial charge in [0.05, 0.1) is 29.5 Å². The SMILES string of the molecule is O=C(c1cnc2ccccc2n1)N(Cc1ccccn1)c1ccc(F)cc1. The Hall–Kier alpha value is -3.67. The van der Waals surface area contributed by atoms with Crippen molar-refractivity contribution in [1.29, 1.82) is 0 Å². The highest BCUT2D eigenvalue weighted by Gasteiger charge is 2.21. The molecule has 1 amide bonds. The molecule has 0 aliphatic heterocycles. The van der Waals surface area contributed by atoms with Crippen molar-refractivity contribution in [1.82, 2.24) is 15.0 Å². The smallest absolute Gasteiger partial charge is 0.278 e. The van der Waals surface area contributed by atoms with Crippen LogP contribution in [0.25, 0.3) is 11.0 Å². The summed E-state index contributed by atoms with van der Waals surface area (Å²) in [6.45, 7) is 0.236. The van der Waals surface area contributed by atoms with Gasteiger partial charge in [-0.15, -0.1) is 0 Å². The Bertz CT molecular complexity index is 1080. The van der Waals surface area contributed by atoms with E-state index in [1.54, 1.807) is 24.4 Å². The number of pyridine rings is 1. The number of hydrogen-bond donors (Lipinski definition) is 0. The van der Waals surface area contributed by atoms with Crippen molar-refractivity contribution < 1.29 is 9.18 Å². The van der Waals surface area contributed by atoms with Crippen LogP contribution in [0.2, 0.25) is 0 Å². The number of carbonyl (C=O) groups is 1. The van der Waals surface area contributed by atoms with Crippen molar-refractivity contribution in [3.63, 3.8) is 0 Å². The van der Waals surface area contributed by atoms with Gasteiger partial charge in [0.15, 0.2) is 0 Å². The van der Waals surface area contributed by atoms with Crippen LogP contribution in [-0.4, -0.2) is 20.9 Å². The third kappa shape index (κ3) is 3.64. The van der Waals surface area contributed by atoms with Crippen LogP contribution >= 0.6 is 0 Å². The van der Waals surface area contributed by atoms with Gasteiger partial charge in [-0.25, -0.2) is 9.37 Å². The Labute approximate surface area is 155 Å². The number of anilines is 1. The van der Waals surface area contributed by atoms with E-state index in [-0.39, 0.29) is 24.0 Å². The van der Waals surface area contributed by atoms with Crippen LogP contribution in [0.1, 0.15) is 16.2 Å². The highest BCUT2D eigenvalue weighted by atomic mass is 19.1. The minimum absolute atomic E-state index is 0.217.